The summed E-state index contributed by atoms with van der Waals surface area (Å²) in [5, 5.41) is 10.4. The monoisotopic (exact) mass is 497 g/mol. The van der Waals surface area contributed by atoms with Crippen LogP contribution in [0.25, 0.3) is 11.4 Å². The molecule has 0 amide bonds. The van der Waals surface area contributed by atoms with Crippen LogP contribution in [0.3, 0.4) is 0 Å². The first kappa shape index (κ1) is 22.6. The van der Waals surface area contributed by atoms with Gasteiger partial charge in [-0.15, -0.1) is 24.0 Å². The summed E-state index contributed by atoms with van der Waals surface area (Å²) in [4.78, 5) is 13.6. The van der Waals surface area contributed by atoms with E-state index in [1.165, 1.54) is 24.9 Å². The number of rotatable bonds is 7. The zero-order chi connectivity index (χ0) is 19.1. The third-order valence-corrected chi connectivity index (χ3v) is 5.27. The van der Waals surface area contributed by atoms with Crippen molar-refractivity contribution in [3.8, 4) is 11.4 Å². The summed E-state index contributed by atoms with van der Waals surface area (Å²) in [5.74, 6) is 2.50. The quantitative estimate of drug-likeness (QED) is 0.350. The summed E-state index contributed by atoms with van der Waals surface area (Å²) in [6.07, 6.45) is 2.77. The second-order valence-electron chi connectivity index (χ2n) is 7.02. The van der Waals surface area contributed by atoms with Crippen LogP contribution in [-0.2, 0) is 6.54 Å². The van der Waals surface area contributed by atoms with Gasteiger partial charge in [0.25, 0.3) is 0 Å². The Balaban J connectivity index is 0.00000280. The minimum atomic E-state index is 0. The topological polar surface area (TPSA) is 72.4 Å². The van der Waals surface area contributed by atoms with E-state index in [9.17, 15) is 0 Å². The molecule has 2 N–H and O–H groups in total. The number of guanidine groups is 1. The molecule has 7 nitrogen and oxygen atoms in total. The van der Waals surface area contributed by atoms with Gasteiger partial charge in [0.15, 0.2) is 11.8 Å². The third-order valence-electron chi connectivity index (χ3n) is 5.27. The molecule has 1 aliphatic heterocycles. The van der Waals surface area contributed by atoms with Gasteiger partial charge in [-0.1, -0.05) is 32.0 Å². The maximum atomic E-state index is 4.50. The van der Waals surface area contributed by atoms with Gasteiger partial charge in [-0.05, 0) is 37.1 Å². The second-order valence-corrected chi connectivity index (χ2v) is 7.02. The van der Waals surface area contributed by atoms with Gasteiger partial charge in [-0.3, -0.25) is 10.1 Å². The summed E-state index contributed by atoms with van der Waals surface area (Å²) in [6.45, 7) is 10.8. The second kappa shape index (κ2) is 11.4. The molecular formula is C20H32IN7. The molecule has 1 saturated heterocycles. The molecule has 0 bridgehead atoms. The van der Waals surface area contributed by atoms with Crippen molar-refractivity contribution in [1.82, 2.24) is 30.3 Å². The number of hydrogen-bond donors (Lipinski definition) is 2. The molecule has 8 heteroatoms. The molecule has 1 fully saturated rings. The number of nitrogens with one attached hydrogen (secondary N) is 2. The maximum absolute atomic E-state index is 4.50. The molecule has 28 heavy (non-hydrogen) atoms. The van der Waals surface area contributed by atoms with Gasteiger partial charge in [-0.2, -0.15) is 5.10 Å². The third kappa shape index (κ3) is 5.91. The summed E-state index contributed by atoms with van der Waals surface area (Å²) < 4.78 is 0. The van der Waals surface area contributed by atoms with Crippen LogP contribution in [0.4, 0.5) is 0 Å². The summed E-state index contributed by atoms with van der Waals surface area (Å²) in [6, 6.07) is 8.34. The number of H-pyrrole nitrogens is 1. The highest BCUT2D eigenvalue weighted by atomic mass is 127. The first-order chi connectivity index (χ1) is 13.2. The summed E-state index contributed by atoms with van der Waals surface area (Å²) in [7, 11) is 1.87. The van der Waals surface area contributed by atoms with Crippen molar-refractivity contribution >= 4 is 29.9 Å². The Morgan fingerprint density at radius 2 is 2.18 bits per heavy atom. The van der Waals surface area contributed by atoms with Crippen molar-refractivity contribution < 1.29 is 0 Å². The van der Waals surface area contributed by atoms with Gasteiger partial charge in [0.1, 0.15) is 6.33 Å². The molecule has 1 aromatic heterocycles. The molecule has 1 aromatic carbocycles. The van der Waals surface area contributed by atoms with Crippen molar-refractivity contribution in [3.63, 3.8) is 0 Å². The zero-order valence-corrected chi connectivity index (χ0v) is 19.4. The molecule has 0 radical (unpaired) electrons. The first-order valence-corrected chi connectivity index (χ1v) is 9.86. The van der Waals surface area contributed by atoms with E-state index in [-0.39, 0.29) is 24.0 Å². The maximum Gasteiger partial charge on any atom is 0.193 e. The van der Waals surface area contributed by atoms with Crippen molar-refractivity contribution in [2.24, 2.45) is 10.9 Å². The van der Waals surface area contributed by atoms with Crippen LogP contribution in [-0.4, -0.2) is 70.7 Å². The Labute approximate surface area is 185 Å². The van der Waals surface area contributed by atoms with Crippen molar-refractivity contribution in [1.29, 1.82) is 0 Å². The van der Waals surface area contributed by atoms with E-state index in [1.807, 2.05) is 19.2 Å². The number of aromatic amines is 1. The average molecular weight is 497 g/mol. The van der Waals surface area contributed by atoms with Crippen LogP contribution in [0, 0.1) is 5.92 Å². The number of aromatic nitrogens is 3. The lowest BCUT2D eigenvalue weighted by atomic mass is 10.1. The highest BCUT2D eigenvalue weighted by molar-refractivity contribution is 14.0. The van der Waals surface area contributed by atoms with Crippen LogP contribution in [0.2, 0.25) is 0 Å². The molecule has 154 valence electrons. The minimum absolute atomic E-state index is 0. The van der Waals surface area contributed by atoms with Crippen LogP contribution in [0.5, 0.6) is 0 Å². The minimum Gasteiger partial charge on any atom is -0.352 e. The fraction of sp³-hybridized carbons (Fsp3) is 0.550. The first-order valence-electron chi connectivity index (χ1n) is 9.86. The van der Waals surface area contributed by atoms with E-state index in [4.69, 9.17) is 0 Å². The lowest BCUT2D eigenvalue weighted by molar-refractivity contribution is 0.255. The molecule has 0 aliphatic carbocycles. The standard InChI is InChI=1S/C20H31N7.HI/c1-4-26(5-2)13-17-9-10-27(14-17)20(21-3)22-12-16-7-6-8-18(11-16)19-23-15-24-25-19;/h6-8,11,15,17H,4-5,9-10,12-14H2,1-3H3,(H,21,22)(H,23,24,25);1H. The summed E-state index contributed by atoms with van der Waals surface area (Å²) in [5.41, 5.74) is 2.24. The van der Waals surface area contributed by atoms with Gasteiger partial charge in [0.05, 0.1) is 0 Å². The van der Waals surface area contributed by atoms with Gasteiger partial charge >= 0.3 is 0 Å². The highest BCUT2D eigenvalue weighted by Crippen LogP contribution is 2.18. The number of hydrogen-bond acceptors (Lipinski definition) is 4. The van der Waals surface area contributed by atoms with E-state index in [0.717, 1.165) is 56.0 Å². The van der Waals surface area contributed by atoms with Crippen LogP contribution < -0.4 is 5.32 Å². The van der Waals surface area contributed by atoms with Gasteiger partial charge < -0.3 is 15.1 Å². The van der Waals surface area contributed by atoms with E-state index in [0.29, 0.717) is 0 Å². The van der Waals surface area contributed by atoms with Gasteiger partial charge in [0, 0.05) is 38.8 Å². The predicted octanol–water partition coefficient (Wildman–Crippen LogP) is 2.83. The molecule has 0 spiro atoms. The van der Waals surface area contributed by atoms with E-state index >= 15 is 0 Å². The lowest BCUT2D eigenvalue weighted by Gasteiger charge is -2.24. The fourth-order valence-corrected chi connectivity index (χ4v) is 3.71. The van der Waals surface area contributed by atoms with E-state index < -0.39 is 0 Å². The Bertz CT molecular complexity index is 728. The van der Waals surface area contributed by atoms with Crippen LogP contribution in [0.15, 0.2) is 35.6 Å². The largest absolute Gasteiger partial charge is 0.352 e. The molecule has 1 atom stereocenters. The van der Waals surface area contributed by atoms with Crippen LogP contribution >= 0.6 is 24.0 Å². The Kier molecular flexibility index (Phi) is 9.17. The van der Waals surface area contributed by atoms with Crippen molar-refractivity contribution in [2.45, 2.75) is 26.8 Å². The Morgan fingerprint density at radius 1 is 1.36 bits per heavy atom. The number of halogens is 1. The normalized spacial score (nSPS) is 17.1. The Hall–Kier alpha value is -1.68. The average Bonchev–Trinajstić information content (AvgIpc) is 3.39. The zero-order valence-electron chi connectivity index (χ0n) is 17.1. The molecule has 1 unspecified atom stereocenters. The number of likely N-dealkylation sites (tertiary alicyclic amines) is 1. The molecule has 0 saturated carbocycles. The lowest BCUT2D eigenvalue weighted by Crippen LogP contribution is -2.40. The van der Waals surface area contributed by atoms with E-state index in [1.54, 1.807) is 0 Å². The van der Waals surface area contributed by atoms with Gasteiger partial charge in [0.2, 0.25) is 0 Å². The predicted molar refractivity (Wildman–Crippen MR) is 125 cm³/mol. The summed E-state index contributed by atoms with van der Waals surface area (Å²) >= 11 is 0. The van der Waals surface area contributed by atoms with Crippen LogP contribution in [0.1, 0.15) is 25.8 Å². The van der Waals surface area contributed by atoms with Gasteiger partial charge in [-0.25, -0.2) is 4.98 Å². The fourth-order valence-electron chi connectivity index (χ4n) is 3.71. The SMILES string of the molecule is CCN(CC)CC1CCN(C(=NC)NCc2cccc(-c3ncn[nH]3)c2)C1.I. The van der Waals surface area contributed by atoms with Crippen molar-refractivity contribution in [2.75, 3.05) is 39.8 Å². The number of aliphatic imine (C=N–C) groups is 1. The molecule has 1 aliphatic rings. The van der Waals surface area contributed by atoms with Crippen molar-refractivity contribution in [3.05, 3.63) is 36.2 Å². The van der Waals surface area contributed by atoms with E-state index in [2.05, 4.69) is 61.3 Å². The number of benzene rings is 1. The molecule has 2 heterocycles. The highest BCUT2D eigenvalue weighted by Gasteiger charge is 2.25. The molecular weight excluding hydrogens is 465 g/mol. The Morgan fingerprint density at radius 3 is 2.86 bits per heavy atom. The molecule has 2 aromatic rings. The molecule has 3 rings (SSSR count). The number of nitrogens with zero attached hydrogens (tertiary/aromatic N) is 5. The smallest absolute Gasteiger partial charge is 0.193 e.